The minimum absolute atomic E-state index is 0. The standard InChI is InChI=1S/C18H22FN3O.HI/c1-2-20-17(21-12-14-6-5-11-23-14)22-13-18(9-10-18)15-7-3-4-8-16(15)19;/h3-8,11H,2,9-10,12-13H2,1H3,(H2,20,21,22);1H. The molecule has 1 aromatic carbocycles. The minimum Gasteiger partial charge on any atom is -0.467 e. The Bertz CT molecular complexity index is 669. The molecule has 1 aromatic heterocycles. The molecule has 0 radical (unpaired) electrons. The molecule has 0 spiro atoms. The van der Waals surface area contributed by atoms with Crippen LogP contribution in [0.4, 0.5) is 4.39 Å². The van der Waals surface area contributed by atoms with E-state index in [9.17, 15) is 4.39 Å². The topological polar surface area (TPSA) is 49.6 Å². The Morgan fingerprint density at radius 2 is 2.00 bits per heavy atom. The quantitative estimate of drug-likeness (QED) is 0.406. The second-order valence-corrected chi connectivity index (χ2v) is 5.89. The smallest absolute Gasteiger partial charge is 0.191 e. The van der Waals surface area contributed by atoms with Crippen LogP contribution in [0, 0.1) is 5.82 Å². The van der Waals surface area contributed by atoms with Crippen molar-refractivity contribution < 1.29 is 8.81 Å². The van der Waals surface area contributed by atoms with Gasteiger partial charge in [-0.15, -0.1) is 24.0 Å². The number of rotatable bonds is 6. The van der Waals surface area contributed by atoms with E-state index in [1.54, 1.807) is 12.3 Å². The highest BCUT2D eigenvalue weighted by Crippen LogP contribution is 2.48. The molecule has 1 aliphatic rings. The van der Waals surface area contributed by atoms with Gasteiger partial charge in [0.25, 0.3) is 0 Å². The van der Waals surface area contributed by atoms with Gasteiger partial charge in [-0.1, -0.05) is 18.2 Å². The van der Waals surface area contributed by atoms with Crippen molar-refractivity contribution in [2.45, 2.75) is 31.7 Å². The van der Waals surface area contributed by atoms with E-state index in [-0.39, 0.29) is 35.2 Å². The lowest BCUT2D eigenvalue weighted by Gasteiger charge is -2.19. The zero-order chi connectivity index (χ0) is 16.1. The van der Waals surface area contributed by atoms with Crippen LogP contribution in [0.2, 0.25) is 0 Å². The van der Waals surface area contributed by atoms with Crippen molar-refractivity contribution in [3.8, 4) is 0 Å². The Hall–Kier alpha value is -1.57. The fraction of sp³-hybridized carbons (Fsp3) is 0.389. The number of nitrogens with one attached hydrogen (secondary N) is 2. The number of nitrogens with zero attached hydrogens (tertiary/aromatic N) is 1. The molecule has 6 heteroatoms. The first-order valence-corrected chi connectivity index (χ1v) is 8.03. The summed E-state index contributed by atoms with van der Waals surface area (Å²) in [6.07, 6.45) is 3.64. The van der Waals surface area contributed by atoms with Gasteiger partial charge >= 0.3 is 0 Å². The molecule has 1 saturated carbocycles. The van der Waals surface area contributed by atoms with E-state index in [1.165, 1.54) is 6.07 Å². The maximum Gasteiger partial charge on any atom is 0.191 e. The maximum atomic E-state index is 14.0. The molecular formula is C18H23FIN3O. The second kappa shape index (κ2) is 8.50. The van der Waals surface area contributed by atoms with Gasteiger partial charge in [0.05, 0.1) is 6.26 Å². The SMILES string of the molecule is CCNC(=NCc1ccco1)NCC1(c2ccccc2F)CC1.I. The summed E-state index contributed by atoms with van der Waals surface area (Å²) in [6, 6.07) is 10.8. The number of hydrogen-bond donors (Lipinski definition) is 2. The lowest BCUT2D eigenvalue weighted by molar-refractivity contribution is 0.511. The Morgan fingerprint density at radius 1 is 1.21 bits per heavy atom. The molecule has 0 aliphatic heterocycles. The number of aliphatic imine (C=N–C) groups is 1. The Balaban J connectivity index is 0.00000208. The van der Waals surface area contributed by atoms with Crippen molar-refractivity contribution >= 4 is 29.9 Å². The third kappa shape index (κ3) is 4.49. The van der Waals surface area contributed by atoms with E-state index >= 15 is 0 Å². The molecule has 0 unspecified atom stereocenters. The second-order valence-electron chi connectivity index (χ2n) is 5.89. The third-order valence-electron chi connectivity index (χ3n) is 4.21. The van der Waals surface area contributed by atoms with E-state index in [0.29, 0.717) is 13.1 Å². The van der Waals surface area contributed by atoms with Crippen molar-refractivity contribution in [3.05, 3.63) is 59.8 Å². The monoisotopic (exact) mass is 443 g/mol. The predicted octanol–water partition coefficient (Wildman–Crippen LogP) is 3.82. The number of guanidine groups is 1. The molecule has 0 amide bonds. The van der Waals surface area contributed by atoms with Crippen molar-refractivity contribution in [2.24, 2.45) is 4.99 Å². The zero-order valence-corrected chi connectivity index (χ0v) is 16.0. The maximum absolute atomic E-state index is 14.0. The molecule has 3 rings (SSSR count). The molecule has 4 nitrogen and oxygen atoms in total. The largest absolute Gasteiger partial charge is 0.467 e. The van der Waals surface area contributed by atoms with E-state index in [2.05, 4.69) is 15.6 Å². The van der Waals surface area contributed by atoms with Crippen LogP contribution in [0.25, 0.3) is 0 Å². The molecule has 0 bridgehead atoms. The van der Waals surface area contributed by atoms with Crippen LogP contribution >= 0.6 is 24.0 Å². The van der Waals surface area contributed by atoms with Gasteiger partial charge in [0, 0.05) is 18.5 Å². The Morgan fingerprint density at radius 3 is 2.62 bits per heavy atom. The summed E-state index contributed by atoms with van der Waals surface area (Å²) in [5, 5.41) is 6.56. The van der Waals surface area contributed by atoms with Gasteiger partial charge < -0.3 is 15.1 Å². The molecule has 130 valence electrons. The highest BCUT2D eigenvalue weighted by atomic mass is 127. The first-order chi connectivity index (χ1) is 11.2. The summed E-state index contributed by atoms with van der Waals surface area (Å²) < 4.78 is 19.3. The molecule has 24 heavy (non-hydrogen) atoms. The molecule has 2 aromatic rings. The fourth-order valence-corrected chi connectivity index (χ4v) is 2.74. The highest BCUT2D eigenvalue weighted by molar-refractivity contribution is 14.0. The van der Waals surface area contributed by atoms with Crippen LogP contribution in [0.1, 0.15) is 31.1 Å². The lowest BCUT2D eigenvalue weighted by Crippen LogP contribution is -2.41. The fourth-order valence-electron chi connectivity index (χ4n) is 2.74. The van der Waals surface area contributed by atoms with Crippen LogP contribution in [-0.4, -0.2) is 19.0 Å². The molecule has 0 atom stereocenters. The van der Waals surface area contributed by atoms with Gasteiger partial charge in [-0.25, -0.2) is 9.38 Å². The summed E-state index contributed by atoms with van der Waals surface area (Å²) in [6.45, 7) is 3.96. The van der Waals surface area contributed by atoms with Crippen LogP contribution in [0.3, 0.4) is 0 Å². The first kappa shape index (κ1) is 18.8. The Kier molecular flexibility index (Phi) is 6.65. The number of hydrogen-bond acceptors (Lipinski definition) is 2. The summed E-state index contributed by atoms with van der Waals surface area (Å²) in [5.74, 6) is 1.42. The number of benzene rings is 1. The average molecular weight is 443 g/mol. The normalized spacial score (nSPS) is 15.5. The van der Waals surface area contributed by atoms with Crippen LogP contribution in [-0.2, 0) is 12.0 Å². The minimum atomic E-state index is -0.121. The van der Waals surface area contributed by atoms with Crippen molar-refractivity contribution in [1.82, 2.24) is 10.6 Å². The molecular weight excluding hydrogens is 420 g/mol. The summed E-state index contributed by atoms with van der Waals surface area (Å²) in [4.78, 5) is 4.51. The first-order valence-electron chi connectivity index (χ1n) is 8.03. The summed E-state index contributed by atoms with van der Waals surface area (Å²) in [7, 11) is 0. The number of halogens is 2. The number of furan rings is 1. The summed E-state index contributed by atoms with van der Waals surface area (Å²) in [5.41, 5.74) is 0.695. The van der Waals surface area contributed by atoms with Crippen molar-refractivity contribution in [2.75, 3.05) is 13.1 Å². The van der Waals surface area contributed by atoms with Crippen LogP contribution in [0.15, 0.2) is 52.1 Å². The molecule has 2 N–H and O–H groups in total. The molecule has 1 heterocycles. The van der Waals surface area contributed by atoms with Gasteiger partial charge in [0.15, 0.2) is 5.96 Å². The predicted molar refractivity (Wildman–Crippen MR) is 104 cm³/mol. The van der Waals surface area contributed by atoms with Gasteiger partial charge in [-0.3, -0.25) is 0 Å². The van der Waals surface area contributed by atoms with E-state index < -0.39 is 0 Å². The van der Waals surface area contributed by atoms with Gasteiger partial charge in [-0.05, 0) is 43.5 Å². The van der Waals surface area contributed by atoms with Gasteiger partial charge in [0.2, 0.25) is 0 Å². The van der Waals surface area contributed by atoms with Crippen LogP contribution in [0.5, 0.6) is 0 Å². The van der Waals surface area contributed by atoms with Crippen LogP contribution < -0.4 is 10.6 Å². The van der Waals surface area contributed by atoms with Crippen molar-refractivity contribution in [3.63, 3.8) is 0 Å². The Labute approximate surface area is 159 Å². The van der Waals surface area contributed by atoms with Gasteiger partial charge in [0.1, 0.15) is 18.1 Å². The van der Waals surface area contributed by atoms with E-state index in [4.69, 9.17) is 4.42 Å². The third-order valence-corrected chi connectivity index (χ3v) is 4.21. The average Bonchev–Trinajstić information content (AvgIpc) is 3.16. The molecule has 1 aliphatic carbocycles. The van der Waals surface area contributed by atoms with Crippen molar-refractivity contribution in [1.29, 1.82) is 0 Å². The zero-order valence-electron chi connectivity index (χ0n) is 13.7. The molecule has 0 saturated heterocycles. The lowest BCUT2D eigenvalue weighted by atomic mass is 9.95. The van der Waals surface area contributed by atoms with E-state index in [0.717, 1.165) is 36.7 Å². The van der Waals surface area contributed by atoms with E-state index in [1.807, 2.05) is 31.2 Å². The molecule has 1 fully saturated rings. The van der Waals surface area contributed by atoms with Gasteiger partial charge in [-0.2, -0.15) is 0 Å². The summed E-state index contributed by atoms with van der Waals surface area (Å²) >= 11 is 0. The highest BCUT2D eigenvalue weighted by Gasteiger charge is 2.45.